The molecule has 168 valence electrons. The molecule has 1 aliphatic heterocycles. The van der Waals surface area contributed by atoms with Crippen LogP contribution in [0.4, 0.5) is 5.69 Å². The van der Waals surface area contributed by atoms with E-state index in [2.05, 4.69) is 37.2 Å². The maximum absolute atomic E-state index is 12.9. The minimum absolute atomic E-state index is 0.00264. The van der Waals surface area contributed by atoms with E-state index in [-0.39, 0.29) is 51.0 Å². The monoisotopic (exact) mass is 574 g/mol. The Kier molecular flexibility index (Phi) is 6.99. The Labute approximate surface area is 203 Å². The molecule has 3 fully saturated rings. The van der Waals surface area contributed by atoms with Gasteiger partial charge < -0.3 is 10.1 Å². The number of rotatable bonds is 8. The highest BCUT2D eigenvalue weighted by Gasteiger charge is 2.66. The van der Waals surface area contributed by atoms with Crippen molar-refractivity contribution in [2.45, 2.75) is 41.8 Å². The number of alkyl halides is 2. The van der Waals surface area contributed by atoms with E-state index in [1.165, 1.54) is 12.0 Å². The first kappa shape index (κ1) is 23.1. The number of benzene rings is 1. The zero-order valence-corrected chi connectivity index (χ0v) is 21.1. The second kappa shape index (κ2) is 9.40. The minimum atomic E-state index is -0.158. The summed E-state index contributed by atoms with van der Waals surface area (Å²) in [5.74, 6) is 0.602. The van der Waals surface area contributed by atoms with Gasteiger partial charge in [0.05, 0.1) is 24.6 Å². The first-order valence-corrected chi connectivity index (χ1v) is 12.8. The number of hydrogen-bond acceptors (Lipinski definition) is 4. The summed E-state index contributed by atoms with van der Waals surface area (Å²) in [7, 11) is 1.54. The van der Waals surface area contributed by atoms with Crippen LogP contribution < -0.4 is 10.1 Å². The van der Waals surface area contributed by atoms with Crippen molar-refractivity contribution in [3.63, 3.8) is 0 Å². The number of fused-ring (bicyclic) bond motifs is 5. The van der Waals surface area contributed by atoms with Gasteiger partial charge in [-0.3, -0.25) is 19.3 Å². The molecule has 0 spiro atoms. The van der Waals surface area contributed by atoms with Crippen molar-refractivity contribution in [2.24, 2.45) is 23.7 Å². The first-order chi connectivity index (χ1) is 14.8. The van der Waals surface area contributed by atoms with Crippen LogP contribution in [0.3, 0.4) is 0 Å². The Balaban J connectivity index is 1.22. The van der Waals surface area contributed by atoms with Crippen molar-refractivity contribution in [3.05, 3.63) is 23.2 Å². The van der Waals surface area contributed by atoms with Gasteiger partial charge in [-0.15, -0.1) is 0 Å². The van der Waals surface area contributed by atoms with Crippen LogP contribution in [0.25, 0.3) is 0 Å². The quantitative estimate of drug-likeness (QED) is 0.278. The Hall–Kier alpha value is -1.12. The van der Waals surface area contributed by atoms with Crippen LogP contribution in [0, 0.1) is 23.7 Å². The molecule has 9 heteroatoms. The third-order valence-electron chi connectivity index (χ3n) is 6.80. The van der Waals surface area contributed by atoms with Gasteiger partial charge in [0.2, 0.25) is 17.7 Å². The summed E-state index contributed by atoms with van der Waals surface area (Å²) in [6, 6.07) is 5.06. The number of carbonyl (C=O) groups excluding carboxylic acids is 3. The molecule has 0 aromatic heterocycles. The minimum Gasteiger partial charge on any atom is -0.495 e. The number of methoxy groups -OCH3 is 1. The van der Waals surface area contributed by atoms with Gasteiger partial charge in [0.15, 0.2) is 0 Å². The fourth-order valence-corrected chi connectivity index (χ4v) is 7.40. The average molecular weight is 577 g/mol. The molecule has 2 saturated carbocycles. The molecule has 6 atom stereocenters. The normalized spacial score (nSPS) is 31.3. The third-order valence-corrected chi connectivity index (χ3v) is 10.2. The lowest BCUT2D eigenvalue weighted by Crippen LogP contribution is -2.37. The number of nitrogens with one attached hydrogen (secondary N) is 1. The molecule has 0 radical (unpaired) electrons. The maximum Gasteiger partial charge on any atom is 0.233 e. The zero-order valence-electron chi connectivity index (χ0n) is 17.2. The standard InChI is InChI=1S/C22H25Br2ClN2O4/c1-31-15-7-6-11(25)9-14(15)26-16(28)5-3-2-4-8-27-21(29)17-12-10-13(18(17)22(27)30)20(24)19(12)23/h6-7,9,12-13,17-20H,2-5,8,10H2,1H3,(H,26,28). The highest BCUT2D eigenvalue weighted by molar-refractivity contribution is 9.12. The Morgan fingerprint density at radius 3 is 2.39 bits per heavy atom. The number of carbonyl (C=O) groups is 3. The predicted octanol–water partition coefficient (Wildman–Crippen LogP) is 4.63. The van der Waals surface area contributed by atoms with Crippen LogP contribution in [-0.2, 0) is 14.4 Å². The van der Waals surface area contributed by atoms with Gasteiger partial charge in [0.1, 0.15) is 5.75 Å². The van der Waals surface area contributed by atoms with E-state index in [4.69, 9.17) is 16.3 Å². The molecule has 4 rings (SSSR count). The number of ether oxygens (including phenoxy) is 1. The highest BCUT2D eigenvalue weighted by atomic mass is 79.9. The van der Waals surface area contributed by atoms with Crippen LogP contribution >= 0.6 is 43.5 Å². The third kappa shape index (κ3) is 4.27. The Morgan fingerprint density at radius 1 is 1.13 bits per heavy atom. The maximum atomic E-state index is 12.9. The van der Waals surface area contributed by atoms with Crippen molar-refractivity contribution >= 4 is 66.9 Å². The fourth-order valence-electron chi connectivity index (χ4n) is 5.35. The number of halogens is 3. The molecule has 3 amide bonds. The van der Waals surface area contributed by atoms with Gasteiger partial charge in [0, 0.05) is 27.6 Å². The molecule has 31 heavy (non-hydrogen) atoms. The second-order valence-electron chi connectivity index (χ2n) is 8.54. The topological polar surface area (TPSA) is 75.7 Å². The summed E-state index contributed by atoms with van der Waals surface area (Å²) in [5.41, 5.74) is 0.546. The van der Waals surface area contributed by atoms with E-state index < -0.39 is 0 Å². The summed E-state index contributed by atoms with van der Waals surface area (Å²) in [6.45, 7) is 0.438. The number of amides is 3. The predicted molar refractivity (Wildman–Crippen MR) is 126 cm³/mol. The van der Waals surface area contributed by atoms with Gasteiger partial charge in [-0.1, -0.05) is 49.9 Å². The zero-order chi connectivity index (χ0) is 22.3. The molecule has 3 aliphatic rings. The number of hydrogen-bond donors (Lipinski definition) is 1. The fraction of sp³-hybridized carbons (Fsp3) is 0.591. The van der Waals surface area contributed by atoms with E-state index in [0.717, 1.165) is 12.8 Å². The molecule has 2 bridgehead atoms. The molecular formula is C22H25Br2ClN2O4. The van der Waals surface area contributed by atoms with Gasteiger partial charge in [-0.05, 0) is 49.3 Å². The lowest BCUT2D eigenvalue weighted by atomic mass is 9.81. The molecule has 1 saturated heterocycles. The Morgan fingerprint density at radius 2 is 1.77 bits per heavy atom. The van der Waals surface area contributed by atoms with Crippen LogP contribution in [0.15, 0.2) is 18.2 Å². The summed E-state index contributed by atoms with van der Waals surface area (Å²) in [4.78, 5) is 40.0. The van der Waals surface area contributed by atoms with Crippen LogP contribution in [0.1, 0.15) is 32.1 Å². The smallest absolute Gasteiger partial charge is 0.233 e. The molecule has 1 N–H and O–H groups in total. The first-order valence-electron chi connectivity index (χ1n) is 10.6. The number of likely N-dealkylation sites (tertiary alicyclic amines) is 1. The molecule has 2 aliphatic carbocycles. The number of unbranched alkanes of at least 4 members (excludes halogenated alkanes) is 2. The summed E-state index contributed by atoms with van der Waals surface area (Å²) in [6.07, 6.45) is 3.44. The van der Waals surface area contributed by atoms with Gasteiger partial charge >= 0.3 is 0 Å². The van der Waals surface area contributed by atoms with E-state index >= 15 is 0 Å². The second-order valence-corrected chi connectivity index (χ2v) is 11.1. The summed E-state index contributed by atoms with van der Waals surface area (Å²) in [5, 5.41) is 3.34. The number of nitrogens with zero attached hydrogens (tertiary/aromatic N) is 1. The molecule has 6 nitrogen and oxygen atoms in total. The van der Waals surface area contributed by atoms with Crippen LogP contribution in [-0.4, -0.2) is 45.9 Å². The van der Waals surface area contributed by atoms with Gasteiger partial charge in [0.25, 0.3) is 0 Å². The van der Waals surface area contributed by atoms with Crippen LogP contribution in [0.2, 0.25) is 5.02 Å². The van der Waals surface area contributed by atoms with Crippen molar-refractivity contribution in [2.75, 3.05) is 19.0 Å². The molecule has 1 heterocycles. The van der Waals surface area contributed by atoms with E-state index in [0.29, 0.717) is 42.3 Å². The molecular weight excluding hydrogens is 552 g/mol. The van der Waals surface area contributed by atoms with Crippen molar-refractivity contribution in [1.29, 1.82) is 0 Å². The number of imide groups is 1. The average Bonchev–Trinajstić information content (AvgIpc) is 3.34. The SMILES string of the molecule is COc1ccc(Cl)cc1NC(=O)CCCCCN1C(=O)C2C3CC(C(Br)C3Br)C2C1=O. The van der Waals surface area contributed by atoms with Gasteiger partial charge in [-0.25, -0.2) is 0 Å². The largest absolute Gasteiger partial charge is 0.495 e. The van der Waals surface area contributed by atoms with E-state index in [1.807, 2.05) is 0 Å². The molecule has 6 unspecified atom stereocenters. The van der Waals surface area contributed by atoms with E-state index in [1.54, 1.807) is 18.2 Å². The molecule has 1 aromatic carbocycles. The molecule has 1 aromatic rings. The lowest BCUT2D eigenvalue weighted by molar-refractivity contribution is -0.140. The Bertz CT molecular complexity index is 866. The van der Waals surface area contributed by atoms with Crippen molar-refractivity contribution in [3.8, 4) is 5.75 Å². The summed E-state index contributed by atoms with van der Waals surface area (Å²) >= 11 is 13.4. The van der Waals surface area contributed by atoms with Crippen molar-refractivity contribution < 1.29 is 19.1 Å². The van der Waals surface area contributed by atoms with Crippen LogP contribution in [0.5, 0.6) is 5.75 Å². The van der Waals surface area contributed by atoms with Gasteiger partial charge in [-0.2, -0.15) is 0 Å². The van der Waals surface area contributed by atoms with Crippen molar-refractivity contribution in [1.82, 2.24) is 4.90 Å². The number of anilines is 1. The lowest BCUT2D eigenvalue weighted by Gasteiger charge is -2.28. The highest BCUT2D eigenvalue weighted by Crippen LogP contribution is 2.60. The van der Waals surface area contributed by atoms with E-state index in [9.17, 15) is 14.4 Å². The summed E-state index contributed by atoms with van der Waals surface area (Å²) < 4.78 is 5.24.